The fraction of sp³-hybridized carbons (Fsp3) is 0.214. The van der Waals surface area contributed by atoms with E-state index in [4.69, 9.17) is 9.47 Å². The van der Waals surface area contributed by atoms with Crippen LogP contribution < -0.4 is 4.74 Å². The van der Waals surface area contributed by atoms with Gasteiger partial charge in [0.15, 0.2) is 5.65 Å². The molecule has 102 valence electrons. The molecule has 2 aromatic heterocycles. The van der Waals surface area contributed by atoms with Gasteiger partial charge in [-0.15, -0.1) is 0 Å². The molecule has 20 heavy (non-hydrogen) atoms. The smallest absolute Gasteiger partial charge is 0.343 e. The summed E-state index contributed by atoms with van der Waals surface area (Å²) in [6.07, 6.45) is 3.17. The van der Waals surface area contributed by atoms with Crippen LogP contribution in [0, 0.1) is 0 Å². The van der Waals surface area contributed by atoms with E-state index in [1.165, 1.54) is 6.20 Å². The van der Waals surface area contributed by atoms with Crippen molar-refractivity contribution in [3.05, 3.63) is 36.2 Å². The summed E-state index contributed by atoms with van der Waals surface area (Å²) < 4.78 is 11.8. The number of benzene rings is 1. The lowest BCUT2D eigenvalue weighted by atomic mass is 10.2. The van der Waals surface area contributed by atoms with Crippen molar-refractivity contribution < 1.29 is 14.3 Å². The number of rotatable bonds is 3. The van der Waals surface area contributed by atoms with E-state index in [-0.39, 0.29) is 0 Å². The predicted molar refractivity (Wildman–Crippen MR) is 73.0 cm³/mol. The molecule has 0 N–H and O–H groups in total. The minimum atomic E-state index is -0.419. The lowest BCUT2D eigenvalue weighted by Crippen LogP contribution is -2.05. The monoisotopic (exact) mass is 271 g/mol. The van der Waals surface area contributed by atoms with Gasteiger partial charge in [-0.3, -0.25) is 0 Å². The molecule has 1 aromatic carbocycles. The van der Waals surface area contributed by atoms with Gasteiger partial charge in [-0.05, 0) is 19.1 Å². The summed E-state index contributed by atoms with van der Waals surface area (Å²) in [6.45, 7) is 2.08. The highest BCUT2D eigenvalue weighted by Gasteiger charge is 2.16. The van der Waals surface area contributed by atoms with Crippen LogP contribution in [-0.4, -0.2) is 34.3 Å². The van der Waals surface area contributed by atoms with Crippen LogP contribution in [0.4, 0.5) is 0 Å². The number of ether oxygens (including phenoxy) is 2. The molecule has 2 heterocycles. The highest BCUT2D eigenvalue weighted by molar-refractivity contribution is 5.97. The van der Waals surface area contributed by atoms with Crippen LogP contribution in [0.1, 0.15) is 17.3 Å². The molecule has 0 saturated heterocycles. The summed E-state index contributed by atoms with van der Waals surface area (Å²) >= 11 is 0. The SMILES string of the molecule is CCOC(=O)c1cnn2c1ncc1ccc(OC)cc12. The third-order valence-electron chi connectivity index (χ3n) is 3.03. The molecule has 0 radical (unpaired) electrons. The molecule has 0 aliphatic heterocycles. The van der Waals surface area contributed by atoms with Crippen molar-refractivity contribution in [1.82, 2.24) is 14.6 Å². The second kappa shape index (κ2) is 4.80. The van der Waals surface area contributed by atoms with Gasteiger partial charge in [-0.1, -0.05) is 0 Å². The molecular formula is C14H13N3O3. The van der Waals surface area contributed by atoms with Gasteiger partial charge in [0.1, 0.15) is 11.3 Å². The van der Waals surface area contributed by atoms with Crippen molar-refractivity contribution >= 4 is 22.5 Å². The zero-order valence-electron chi connectivity index (χ0n) is 11.2. The van der Waals surface area contributed by atoms with Crippen molar-refractivity contribution in [3.63, 3.8) is 0 Å². The second-order valence-corrected chi connectivity index (χ2v) is 4.20. The summed E-state index contributed by atoms with van der Waals surface area (Å²) in [7, 11) is 1.60. The lowest BCUT2D eigenvalue weighted by molar-refractivity contribution is 0.0528. The van der Waals surface area contributed by atoms with E-state index in [0.717, 1.165) is 16.7 Å². The molecular weight excluding hydrogens is 258 g/mol. The number of carbonyl (C=O) groups excluding carboxylic acids is 1. The Labute approximate surface area is 114 Å². The topological polar surface area (TPSA) is 65.7 Å². The zero-order chi connectivity index (χ0) is 14.1. The standard InChI is InChI=1S/C14H13N3O3/c1-3-20-14(18)11-8-16-17-12-6-10(19-2)5-4-9(12)7-15-13(11)17/h4-8H,3H2,1-2H3. The number of fused-ring (bicyclic) bond motifs is 3. The molecule has 0 spiro atoms. The van der Waals surface area contributed by atoms with E-state index in [9.17, 15) is 4.79 Å². The van der Waals surface area contributed by atoms with Crippen LogP contribution >= 0.6 is 0 Å². The molecule has 0 aliphatic rings. The zero-order valence-corrected chi connectivity index (χ0v) is 11.2. The van der Waals surface area contributed by atoms with Crippen molar-refractivity contribution in [2.45, 2.75) is 6.92 Å². The number of hydrogen-bond donors (Lipinski definition) is 0. The molecule has 0 bridgehead atoms. The van der Waals surface area contributed by atoms with Gasteiger partial charge in [0.05, 0.1) is 25.4 Å². The number of methoxy groups -OCH3 is 1. The first-order valence-electron chi connectivity index (χ1n) is 6.22. The largest absolute Gasteiger partial charge is 0.497 e. The van der Waals surface area contributed by atoms with Crippen LogP contribution in [-0.2, 0) is 4.74 Å². The maximum atomic E-state index is 11.8. The van der Waals surface area contributed by atoms with E-state index in [1.54, 1.807) is 24.7 Å². The summed E-state index contributed by atoms with van der Waals surface area (Å²) in [5.74, 6) is 0.301. The summed E-state index contributed by atoms with van der Waals surface area (Å²) in [4.78, 5) is 16.1. The molecule has 6 heteroatoms. The molecule has 3 rings (SSSR count). The fourth-order valence-corrected chi connectivity index (χ4v) is 2.07. The van der Waals surface area contributed by atoms with E-state index in [2.05, 4.69) is 10.1 Å². The Bertz CT molecular complexity index is 795. The van der Waals surface area contributed by atoms with Crippen LogP contribution in [0.25, 0.3) is 16.6 Å². The minimum Gasteiger partial charge on any atom is -0.497 e. The van der Waals surface area contributed by atoms with Gasteiger partial charge in [0.2, 0.25) is 0 Å². The van der Waals surface area contributed by atoms with E-state index >= 15 is 0 Å². The number of hydrogen-bond acceptors (Lipinski definition) is 5. The molecule has 6 nitrogen and oxygen atoms in total. The van der Waals surface area contributed by atoms with Gasteiger partial charge in [-0.25, -0.2) is 14.3 Å². The molecule has 0 aliphatic carbocycles. The average molecular weight is 271 g/mol. The van der Waals surface area contributed by atoms with Crippen LogP contribution in [0.2, 0.25) is 0 Å². The average Bonchev–Trinajstić information content (AvgIpc) is 2.91. The van der Waals surface area contributed by atoms with Crippen molar-refractivity contribution in [1.29, 1.82) is 0 Å². The number of nitrogens with zero attached hydrogens (tertiary/aromatic N) is 3. The Morgan fingerprint density at radius 1 is 1.35 bits per heavy atom. The Morgan fingerprint density at radius 3 is 2.95 bits per heavy atom. The highest BCUT2D eigenvalue weighted by atomic mass is 16.5. The summed E-state index contributed by atoms with van der Waals surface area (Å²) in [6, 6.07) is 5.60. The Balaban J connectivity index is 2.24. The number of carbonyl (C=O) groups is 1. The van der Waals surface area contributed by atoms with Crippen molar-refractivity contribution in [2.75, 3.05) is 13.7 Å². The Morgan fingerprint density at radius 2 is 2.20 bits per heavy atom. The first-order chi connectivity index (χ1) is 9.74. The summed E-state index contributed by atoms with van der Waals surface area (Å²) in [5.41, 5.74) is 1.66. The van der Waals surface area contributed by atoms with Gasteiger partial charge < -0.3 is 9.47 Å². The molecule has 0 saturated carbocycles. The lowest BCUT2D eigenvalue weighted by Gasteiger charge is -2.04. The van der Waals surface area contributed by atoms with Crippen LogP contribution in [0.5, 0.6) is 5.75 Å². The van der Waals surface area contributed by atoms with E-state index in [1.807, 2.05) is 18.2 Å². The quantitative estimate of drug-likeness (QED) is 0.682. The first kappa shape index (κ1) is 12.4. The van der Waals surface area contributed by atoms with Crippen molar-refractivity contribution in [3.8, 4) is 5.75 Å². The van der Waals surface area contributed by atoms with Crippen LogP contribution in [0.15, 0.2) is 30.6 Å². The predicted octanol–water partition coefficient (Wildman–Crippen LogP) is 2.07. The molecule has 0 fully saturated rings. The Kier molecular flexibility index (Phi) is 2.98. The summed E-state index contributed by atoms with van der Waals surface area (Å²) in [5, 5.41) is 5.14. The maximum Gasteiger partial charge on any atom is 0.343 e. The highest BCUT2D eigenvalue weighted by Crippen LogP contribution is 2.22. The number of aromatic nitrogens is 3. The van der Waals surface area contributed by atoms with Gasteiger partial charge in [0, 0.05) is 17.6 Å². The first-order valence-corrected chi connectivity index (χ1v) is 6.22. The molecule has 0 atom stereocenters. The van der Waals surface area contributed by atoms with Gasteiger partial charge in [-0.2, -0.15) is 5.10 Å². The normalized spacial score (nSPS) is 10.9. The molecule has 0 unspecified atom stereocenters. The van der Waals surface area contributed by atoms with Crippen LogP contribution in [0.3, 0.4) is 0 Å². The maximum absolute atomic E-state index is 11.8. The van der Waals surface area contributed by atoms with Gasteiger partial charge >= 0.3 is 5.97 Å². The molecule has 0 amide bonds. The van der Waals surface area contributed by atoms with E-state index < -0.39 is 5.97 Å². The molecule has 3 aromatic rings. The van der Waals surface area contributed by atoms with Crippen molar-refractivity contribution in [2.24, 2.45) is 0 Å². The fourth-order valence-electron chi connectivity index (χ4n) is 2.07. The second-order valence-electron chi connectivity index (χ2n) is 4.20. The third-order valence-corrected chi connectivity index (χ3v) is 3.03. The minimum absolute atomic E-state index is 0.317. The number of esters is 1. The third kappa shape index (κ3) is 1.85. The van der Waals surface area contributed by atoms with E-state index in [0.29, 0.717) is 17.8 Å². The van der Waals surface area contributed by atoms with Gasteiger partial charge in [0.25, 0.3) is 0 Å². The Hall–Kier alpha value is -2.63.